The summed E-state index contributed by atoms with van der Waals surface area (Å²) in [5.41, 5.74) is -4.13. The number of rotatable bonds is 7. The van der Waals surface area contributed by atoms with Crippen molar-refractivity contribution in [3.8, 4) is 11.8 Å². The molecule has 1 amide bonds. The summed E-state index contributed by atoms with van der Waals surface area (Å²) in [6.45, 7) is 4.08. The normalized spacial score (nSPS) is 13.8. The smallest absolute Gasteiger partial charge is 0.274 e. The van der Waals surface area contributed by atoms with E-state index in [0.717, 1.165) is 12.1 Å². The van der Waals surface area contributed by atoms with Gasteiger partial charge < -0.3 is 10.1 Å². The van der Waals surface area contributed by atoms with Gasteiger partial charge in [-0.2, -0.15) is 5.26 Å². The van der Waals surface area contributed by atoms with E-state index in [0.29, 0.717) is 6.92 Å². The van der Waals surface area contributed by atoms with Crippen molar-refractivity contribution < 1.29 is 27.1 Å². The summed E-state index contributed by atoms with van der Waals surface area (Å²) in [6.07, 6.45) is 0. The van der Waals surface area contributed by atoms with Crippen molar-refractivity contribution in [2.75, 3.05) is 6.61 Å². The molecule has 0 radical (unpaired) electrons. The van der Waals surface area contributed by atoms with Crippen LogP contribution >= 0.6 is 0 Å². The number of carbonyl (C=O) groups is 1. The molecular weight excluding hydrogens is 400 g/mol. The van der Waals surface area contributed by atoms with Gasteiger partial charge in [0.15, 0.2) is 5.54 Å². The molecule has 0 aliphatic heterocycles. The van der Waals surface area contributed by atoms with Gasteiger partial charge in [0.05, 0.1) is 17.2 Å². The Morgan fingerprint density at radius 1 is 1.10 bits per heavy atom. The SMILES string of the molecule is CC(C#N)(COc1ccccc1C(C)(F)F)NC(=O)c1ccc(C(C)(C)F)cc1F. The number of carbonyl (C=O) groups excluding carboxylic acids is 1. The summed E-state index contributed by atoms with van der Waals surface area (Å²) in [6, 6.07) is 10.6. The van der Waals surface area contributed by atoms with Gasteiger partial charge in [-0.3, -0.25) is 4.79 Å². The van der Waals surface area contributed by atoms with Gasteiger partial charge in [0.2, 0.25) is 0 Å². The molecule has 0 saturated heterocycles. The Bertz CT molecular complexity index is 974. The molecule has 0 aliphatic carbocycles. The minimum Gasteiger partial charge on any atom is -0.489 e. The van der Waals surface area contributed by atoms with E-state index < -0.39 is 35.5 Å². The van der Waals surface area contributed by atoms with Crippen LogP contribution in [0.15, 0.2) is 42.5 Å². The molecule has 4 nitrogen and oxygen atoms in total. The Balaban J connectivity index is 2.19. The van der Waals surface area contributed by atoms with Gasteiger partial charge in [0.25, 0.3) is 11.8 Å². The number of amides is 1. The first-order valence-electron chi connectivity index (χ1n) is 9.10. The molecule has 0 aliphatic rings. The largest absolute Gasteiger partial charge is 0.489 e. The monoisotopic (exact) mass is 422 g/mol. The van der Waals surface area contributed by atoms with E-state index in [9.17, 15) is 27.6 Å². The molecule has 8 heteroatoms. The maximum Gasteiger partial charge on any atom is 0.274 e. The molecule has 2 aromatic carbocycles. The summed E-state index contributed by atoms with van der Waals surface area (Å²) in [5.74, 6) is -5.18. The second kappa shape index (κ2) is 8.34. The van der Waals surface area contributed by atoms with Crippen LogP contribution in [0.5, 0.6) is 5.75 Å². The van der Waals surface area contributed by atoms with Crippen LogP contribution in [0.1, 0.15) is 49.2 Å². The van der Waals surface area contributed by atoms with E-state index in [1.807, 2.05) is 6.07 Å². The minimum atomic E-state index is -3.17. The van der Waals surface area contributed by atoms with Crippen molar-refractivity contribution >= 4 is 5.91 Å². The lowest BCUT2D eigenvalue weighted by molar-refractivity contribution is 0.0139. The van der Waals surface area contributed by atoms with Gasteiger partial charge in [-0.25, -0.2) is 17.6 Å². The molecular formula is C22H22F4N2O2. The molecule has 2 rings (SSSR count). The molecule has 0 bridgehead atoms. The third-order valence-electron chi connectivity index (χ3n) is 4.41. The molecule has 160 valence electrons. The summed E-state index contributed by atoms with van der Waals surface area (Å²) in [7, 11) is 0. The number of halogens is 4. The maximum absolute atomic E-state index is 14.3. The zero-order valence-corrected chi connectivity index (χ0v) is 17.0. The van der Waals surface area contributed by atoms with Crippen molar-refractivity contribution in [2.24, 2.45) is 0 Å². The standard InChI is InChI=1S/C22H22F4N2O2/c1-20(2,24)14-9-10-15(17(23)11-14)19(29)28-21(3,12-27)13-30-18-8-6-5-7-16(18)22(4,25)26/h5-11H,13H2,1-4H3,(H,28,29). The molecule has 0 spiro atoms. The first-order valence-corrected chi connectivity index (χ1v) is 9.10. The van der Waals surface area contributed by atoms with Crippen molar-refractivity contribution in [2.45, 2.75) is 44.8 Å². The van der Waals surface area contributed by atoms with Crippen LogP contribution in [0.3, 0.4) is 0 Å². The number of ether oxygens (including phenoxy) is 1. The summed E-state index contributed by atoms with van der Waals surface area (Å²) >= 11 is 0. The van der Waals surface area contributed by atoms with Crippen molar-refractivity contribution in [1.29, 1.82) is 5.26 Å². The molecule has 2 aromatic rings. The fraction of sp³-hybridized carbons (Fsp3) is 0.364. The zero-order chi connectivity index (χ0) is 22.7. The predicted octanol–water partition coefficient (Wildman–Crippen LogP) is 5.23. The molecule has 1 atom stereocenters. The summed E-state index contributed by atoms with van der Waals surface area (Å²) in [5, 5.41) is 11.8. The average Bonchev–Trinajstić information content (AvgIpc) is 2.65. The Hall–Kier alpha value is -3.08. The molecule has 30 heavy (non-hydrogen) atoms. The van der Waals surface area contributed by atoms with Crippen LogP contribution in [-0.2, 0) is 11.6 Å². The lowest BCUT2D eigenvalue weighted by Crippen LogP contribution is -2.49. The van der Waals surface area contributed by atoms with Crippen molar-refractivity contribution in [3.63, 3.8) is 0 Å². The van der Waals surface area contributed by atoms with Crippen molar-refractivity contribution in [1.82, 2.24) is 5.32 Å². The van der Waals surface area contributed by atoms with E-state index in [1.54, 1.807) is 0 Å². The van der Waals surface area contributed by atoms with Gasteiger partial charge in [0, 0.05) is 6.92 Å². The number of nitrogens with zero attached hydrogens (tertiary/aromatic N) is 1. The van der Waals surface area contributed by atoms with E-state index >= 15 is 0 Å². The lowest BCUT2D eigenvalue weighted by Gasteiger charge is -2.25. The van der Waals surface area contributed by atoms with Gasteiger partial charge >= 0.3 is 0 Å². The van der Waals surface area contributed by atoms with Gasteiger partial charge in [0.1, 0.15) is 23.8 Å². The van der Waals surface area contributed by atoms with Crippen LogP contribution in [0.2, 0.25) is 0 Å². The number of para-hydroxylation sites is 1. The first kappa shape index (κ1) is 23.2. The number of nitrogens with one attached hydrogen (secondary N) is 1. The minimum absolute atomic E-state index is 0.0556. The Morgan fingerprint density at radius 3 is 2.27 bits per heavy atom. The number of hydrogen-bond donors (Lipinski definition) is 1. The average molecular weight is 422 g/mol. The topological polar surface area (TPSA) is 62.1 Å². The number of alkyl halides is 3. The van der Waals surface area contributed by atoms with Gasteiger partial charge in [-0.15, -0.1) is 0 Å². The van der Waals surface area contributed by atoms with Gasteiger partial charge in [-0.1, -0.05) is 18.2 Å². The maximum atomic E-state index is 14.3. The van der Waals surface area contributed by atoms with Crippen LogP contribution in [-0.4, -0.2) is 18.1 Å². The molecule has 0 aromatic heterocycles. The van der Waals surface area contributed by atoms with Crippen LogP contribution in [0, 0.1) is 17.1 Å². The fourth-order valence-electron chi connectivity index (χ4n) is 2.66. The third-order valence-corrected chi connectivity index (χ3v) is 4.41. The number of nitriles is 1. The summed E-state index contributed by atoms with van der Waals surface area (Å²) < 4.78 is 61.1. The molecule has 1 unspecified atom stereocenters. The Labute approximate surface area is 172 Å². The van der Waals surface area contributed by atoms with Crippen LogP contribution < -0.4 is 10.1 Å². The Kier molecular flexibility index (Phi) is 6.45. The predicted molar refractivity (Wildman–Crippen MR) is 104 cm³/mol. The van der Waals surface area contributed by atoms with Crippen LogP contribution in [0.4, 0.5) is 17.6 Å². The van der Waals surface area contributed by atoms with Crippen LogP contribution in [0.25, 0.3) is 0 Å². The molecule has 0 saturated carbocycles. The highest BCUT2D eigenvalue weighted by molar-refractivity contribution is 5.95. The second-order valence-corrected chi connectivity index (χ2v) is 7.74. The highest BCUT2D eigenvalue weighted by Gasteiger charge is 2.32. The van der Waals surface area contributed by atoms with E-state index in [-0.39, 0.29) is 22.4 Å². The molecule has 1 N–H and O–H groups in total. The van der Waals surface area contributed by atoms with E-state index in [1.165, 1.54) is 51.1 Å². The molecule has 0 fully saturated rings. The first-order chi connectivity index (χ1) is 13.8. The second-order valence-electron chi connectivity index (χ2n) is 7.74. The highest BCUT2D eigenvalue weighted by Crippen LogP contribution is 2.34. The number of benzene rings is 2. The van der Waals surface area contributed by atoms with Crippen molar-refractivity contribution in [3.05, 3.63) is 65.0 Å². The van der Waals surface area contributed by atoms with Gasteiger partial charge in [-0.05, 0) is 50.6 Å². The lowest BCUT2D eigenvalue weighted by atomic mass is 9.98. The third kappa shape index (κ3) is 5.50. The fourth-order valence-corrected chi connectivity index (χ4v) is 2.66. The van der Waals surface area contributed by atoms with E-state index in [2.05, 4.69) is 5.32 Å². The molecule has 0 heterocycles. The zero-order valence-electron chi connectivity index (χ0n) is 17.0. The van der Waals surface area contributed by atoms with E-state index in [4.69, 9.17) is 4.74 Å². The Morgan fingerprint density at radius 2 is 1.73 bits per heavy atom. The quantitative estimate of drug-likeness (QED) is 0.622. The summed E-state index contributed by atoms with van der Waals surface area (Å²) in [4.78, 5) is 12.5. The number of hydrogen-bond acceptors (Lipinski definition) is 3. The highest BCUT2D eigenvalue weighted by atomic mass is 19.3.